The fraction of sp³-hybridized carbons (Fsp3) is 0.100. The molecule has 0 fully saturated rings. The molecule has 0 aliphatic carbocycles. The van der Waals surface area contributed by atoms with Gasteiger partial charge in [-0.1, -0.05) is 6.07 Å². The number of aromatic nitrogens is 1. The molecule has 0 amide bonds. The molecule has 1 heterocycles. The lowest BCUT2D eigenvalue weighted by Crippen LogP contribution is -1.86. The Kier molecular flexibility index (Phi) is 2.45. The topological polar surface area (TPSA) is 42.1 Å². The molecular formula is C10H8INO2. The van der Waals surface area contributed by atoms with Crippen molar-refractivity contribution in [1.82, 2.24) is 4.98 Å². The number of ether oxygens (including phenoxy) is 1. The van der Waals surface area contributed by atoms with E-state index in [4.69, 9.17) is 4.74 Å². The summed E-state index contributed by atoms with van der Waals surface area (Å²) in [5, 5.41) is 0.856. The third-order valence-electron chi connectivity index (χ3n) is 2.11. The van der Waals surface area contributed by atoms with Gasteiger partial charge in [0.2, 0.25) is 0 Å². The molecule has 2 aromatic rings. The Hall–Kier alpha value is -1.04. The molecule has 1 aromatic carbocycles. The SMILES string of the molecule is COc1cccc2[nH]c(I)c(C=O)c12. The number of hydrogen-bond acceptors (Lipinski definition) is 2. The van der Waals surface area contributed by atoms with Crippen LogP contribution in [0.15, 0.2) is 18.2 Å². The van der Waals surface area contributed by atoms with Gasteiger partial charge in [0, 0.05) is 0 Å². The molecule has 0 unspecified atom stereocenters. The van der Waals surface area contributed by atoms with Gasteiger partial charge in [0.1, 0.15) is 5.75 Å². The predicted molar refractivity (Wildman–Crippen MR) is 63.0 cm³/mol. The van der Waals surface area contributed by atoms with Crippen molar-refractivity contribution in [1.29, 1.82) is 0 Å². The number of fused-ring (bicyclic) bond motifs is 1. The minimum atomic E-state index is 0.665. The molecule has 0 bridgehead atoms. The monoisotopic (exact) mass is 301 g/mol. The summed E-state index contributed by atoms with van der Waals surface area (Å²) >= 11 is 2.10. The molecule has 0 aliphatic heterocycles. The number of methoxy groups -OCH3 is 1. The summed E-state index contributed by atoms with van der Waals surface area (Å²) in [5.74, 6) is 0.726. The minimum Gasteiger partial charge on any atom is -0.496 e. The summed E-state index contributed by atoms with van der Waals surface area (Å²) in [7, 11) is 1.60. The van der Waals surface area contributed by atoms with E-state index >= 15 is 0 Å². The van der Waals surface area contributed by atoms with Gasteiger partial charge in [-0.3, -0.25) is 4.79 Å². The highest BCUT2D eigenvalue weighted by atomic mass is 127. The van der Waals surface area contributed by atoms with Gasteiger partial charge in [-0.15, -0.1) is 0 Å². The third kappa shape index (κ3) is 1.30. The zero-order chi connectivity index (χ0) is 10.1. The second-order valence-electron chi connectivity index (χ2n) is 2.85. The van der Waals surface area contributed by atoms with Gasteiger partial charge < -0.3 is 9.72 Å². The van der Waals surface area contributed by atoms with E-state index in [-0.39, 0.29) is 0 Å². The number of aldehydes is 1. The molecule has 72 valence electrons. The molecule has 4 heteroatoms. The summed E-state index contributed by atoms with van der Waals surface area (Å²) in [4.78, 5) is 14.0. The van der Waals surface area contributed by atoms with Gasteiger partial charge in [0.25, 0.3) is 0 Å². The van der Waals surface area contributed by atoms with Crippen LogP contribution in [0.2, 0.25) is 0 Å². The first kappa shape index (κ1) is 9.51. The van der Waals surface area contributed by atoms with Crippen LogP contribution in [0.1, 0.15) is 10.4 Å². The molecule has 0 spiro atoms. The van der Waals surface area contributed by atoms with E-state index in [1.165, 1.54) is 0 Å². The molecule has 0 saturated heterocycles. The van der Waals surface area contributed by atoms with Crippen LogP contribution in [0.4, 0.5) is 0 Å². The Labute approximate surface area is 94.6 Å². The number of rotatable bonds is 2. The van der Waals surface area contributed by atoms with Crippen LogP contribution >= 0.6 is 22.6 Å². The Morgan fingerprint density at radius 3 is 2.93 bits per heavy atom. The first-order valence-electron chi connectivity index (χ1n) is 4.07. The van der Waals surface area contributed by atoms with Crippen molar-refractivity contribution in [2.75, 3.05) is 7.11 Å². The van der Waals surface area contributed by atoms with Crippen molar-refractivity contribution < 1.29 is 9.53 Å². The van der Waals surface area contributed by atoms with Gasteiger partial charge in [-0.25, -0.2) is 0 Å². The number of hydrogen-bond donors (Lipinski definition) is 1. The van der Waals surface area contributed by atoms with E-state index in [2.05, 4.69) is 27.6 Å². The van der Waals surface area contributed by atoms with Crippen molar-refractivity contribution >= 4 is 39.8 Å². The molecule has 3 nitrogen and oxygen atoms in total. The summed E-state index contributed by atoms with van der Waals surface area (Å²) in [5.41, 5.74) is 1.59. The molecule has 0 radical (unpaired) electrons. The number of carbonyl (C=O) groups is 1. The Morgan fingerprint density at radius 2 is 2.29 bits per heavy atom. The number of benzene rings is 1. The quantitative estimate of drug-likeness (QED) is 0.684. The second-order valence-corrected chi connectivity index (χ2v) is 3.93. The lowest BCUT2D eigenvalue weighted by atomic mass is 10.2. The van der Waals surface area contributed by atoms with E-state index in [1.807, 2.05) is 18.2 Å². The van der Waals surface area contributed by atoms with Gasteiger partial charge in [0.05, 0.1) is 27.3 Å². The van der Waals surface area contributed by atoms with Crippen LogP contribution in [-0.4, -0.2) is 18.4 Å². The van der Waals surface area contributed by atoms with Crippen molar-refractivity contribution in [3.05, 3.63) is 27.5 Å². The summed E-state index contributed by atoms with van der Waals surface area (Å²) in [6.45, 7) is 0. The highest BCUT2D eigenvalue weighted by molar-refractivity contribution is 14.1. The average molecular weight is 301 g/mol. The van der Waals surface area contributed by atoms with Gasteiger partial charge in [-0.05, 0) is 34.7 Å². The van der Waals surface area contributed by atoms with Crippen LogP contribution in [0.25, 0.3) is 10.9 Å². The van der Waals surface area contributed by atoms with Crippen molar-refractivity contribution in [2.24, 2.45) is 0 Å². The number of aromatic amines is 1. The first-order chi connectivity index (χ1) is 6.77. The van der Waals surface area contributed by atoms with Gasteiger partial charge >= 0.3 is 0 Å². The molecular weight excluding hydrogens is 293 g/mol. The van der Waals surface area contributed by atoms with Crippen LogP contribution in [0.5, 0.6) is 5.75 Å². The number of nitrogens with one attached hydrogen (secondary N) is 1. The van der Waals surface area contributed by atoms with E-state index < -0.39 is 0 Å². The van der Waals surface area contributed by atoms with E-state index in [1.54, 1.807) is 7.11 Å². The lowest BCUT2D eigenvalue weighted by Gasteiger charge is -2.00. The largest absolute Gasteiger partial charge is 0.496 e. The maximum absolute atomic E-state index is 10.9. The smallest absolute Gasteiger partial charge is 0.153 e. The van der Waals surface area contributed by atoms with Crippen molar-refractivity contribution in [2.45, 2.75) is 0 Å². The Bertz CT molecular complexity index is 490. The van der Waals surface area contributed by atoms with E-state index in [0.717, 1.165) is 26.6 Å². The molecule has 0 saturated carbocycles. The van der Waals surface area contributed by atoms with Crippen LogP contribution in [-0.2, 0) is 0 Å². The zero-order valence-electron chi connectivity index (χ0n) is 7.50. The molecule has 2 rings (SSSR count). The molecule has 1 N–H and O–H groups in total. The van der Waals surface area contributed by atoms with Crippen LogP contribution in [0.3, 0.4) is 0 Å². The maximum Gasteiger partial charge on any atom is 0.153 e. The molecule has 1 aromatic heterocycles. The maximum atomic E-state index is 10.9. The number of H-pyrrole nitrogens is 1. The minimum absolute atomic E-state index is 0.665. The average Bonchev–Trinajstić information content (AvgIpc) is 2.52. The first-order valence-corrected chi connectivity index (χ1v) is 5.15. The fourth-order valence-corrected chi connectivity index (χ4v) is 2.18. The van der Waals surface area contributed by atoms with Gasteiger partial charge in [-0.2, -0.15) is 0 Å². The molecule has 0 atom stereocenters. The Morgan fingerprint density at radius 1 is 1.50 bits per heavy atom. The summed E-state index contributed by atoms with van der Waals surface area (Å²) in [6.07, 6.45) is 0.850. The Balaban J connectivity index is 2.89. The standard InChI is InChI=1S/C10H8INO2/c1-14-8-4-2-3-7-9(8)6(5-13)10(11)12-7/h2-5,12H,1H3. The number of halogens is 1. The second kappa shape index (κ2) is 3.61. The molecule has 14 heavy (non-hydrogen) atoms. The zero-order valence-corrected chi connectivity index (χ0v) is 9.66. The fourth-order valence-electron chi connectivity index (χ4n) is 1.49. The van der Waals surface area contributed by atoms with Crippen molar-refractivity contribution in [3.8, 4) is 5.75 Å². The van der Waals surface area contributed by atoms with E-state index in [9.17, 15) is 4.79 Å². The highest BCUT2D eigenvalue weighted by Gasteiger charge is 2.12. The summed E-state index contributed by atoms with van der Waals surface area (Å²) < 4.78 is 6.05. The van der Waals surface area contributed by atoms with Gasteiger partial charge in [0.15, 0.2) is 6.29 Å². The van der Waals surface area contributed by atoms with Crippen LogP contribution in [0, 0.1) is 3.70 Å². The number of carbonyl (C=O) groups excluding carboxylic acids is 1. The van der Waals surface area contributed by atoms with E-state index in [0.29, 0.717) is 5.56 Å². The van der Waals surface area contributed by atoms with Crippen LogP contribution < -0.4 is 4.74 Å². The van der Waals surface area contributed by atoms with Crippen molar-refractivity contribution in [3.63, 3.8) is 0 Å². The highest BCUT2D eigenvalue weighted by Crippen LogP contribution is 2.30. The normalized spacial score (nSPS) is 10.4. The lowest BCUT2D eigenvalue weighted by molar-refractivity contribution is 0.112. The molecule has 0 aliphatic rings. The summed E-state index contributed by atoms with van der Waals surface area (Å²) in [6, 6.07) is 5.66. The predicted octanol–water partition coefficient (Wildman–Crippen LogP) is 2.59. The third-order valence-corrected chi connectivity index (χ3v) is 2.96.